The lowest BCUT2D eigenvalue weighted by Gasteiger charge is -2.49. The van der Waals surface area contributed by atoms with Gasteiger partial charge in [0, 0.05) is 18.5 Å². The van der Waals surface area contributed by atoms with Gasteiger partial charge in [-0.05, 0) is 38.1 Å². The molecule has 6 rings (SSSR count). The number of carbonyl (C=O) groups excluding carboxylic acids is 1. The topological polar surface area (TPSA) is 59.1 Å². The van der Waals surface area contributed by atoms with Gasteiger partial charge in [0.2, 0.25) is 5.88 Å². The minimum Gasteiger partial charge on any atom is -0.464 e. The van der Waals surface area contributed by atoms with Crippen molar-refractivity contribution in [2.24, 2.45) is 5.92 Å². The maximum Gasteiger partial charge on any atom is 0.417 e. The van der Waals surface area contributed by atoms with E-state index in [9.17, 15) is 4.79 Å². The first-order valence-electron chi connectivity index (χ1n) is 8.09. The molecule has 0 saturated carbocycles. The molecule has 23 heavy (non-hydrogen) atoms. The van der Waals surface area contributed by atoms with Gasteiger partial charge in [0.25, 0.3) is 0 Å². The van der Waals surface area contributed by atoms with Crippen molar-refractivity contribution in [2.45, 2.75) is 18.4 Å². The number of piperidine rings is 3. The number of carbonyl (C=O) groups is 1. The molecule has 4 fully saturated rings. The number of nitrogens with zero attached hydrogens (tertiary/aromatic N) is 2. The van der Waals surface area contributed by atoms with Crippen LogP contribution in [0.2, 0.25) is 0 Å². The summed E-state index contributed by atoms with van der Waals surface area (Å²) in [6, 6.07) is 5.53. The van der Waals surface area contributed by atoms with Crippen LogP contribution in [0.15, 0.2) is 39.6 Å². The lowest BCUT2D eigenvalue weighted by molar-refractivity contribution is -0.0881. The van der Waals surface area contributed by atoms with E-state index in [-0.39, 0.29) is 11.7 Å². The number of anilines is 1. The van der Waals surface area contributed by atoms with Crippen LogP contribution in [0.5, 0.6) is 0 Å². The second-order valence-electron chi connectivity index (χ2n) is 6.72. The first kappa shape index (κ1) is 13.2. The van der Waals surface area contributed by atoms with E-state index in [0.29, 0.717) is 18.3 Å². The molecular formula is C17H18N2O4. The van der Waals surface area contributed by atoms with E-state index < -0.39 is 0 Å². The van der Waals surface area contributed by atoms with Crippen molar-refractivity contribution < 1.29 is 18.4 Å². The average Bonchev–Trinajstić information content (AvgIpc) is 3.28. The van der Waals surface area contributed by atoms with Gasteiger partial charge in [-0.2, -0.15) is 0 Å². The molecule has 6 nitrogen and oxygen atoms in total. The van der Waals surface area contributed by atoms with Crippen LogP contribution in [0.1, 0.15) is 12.8 Å². The van der Waals surface area contributed by atoms with E-state index in [1.165, 1.54) is 0 Å². The highest BCUT2D eigenvalue weighted by Crippen LogP contribution is 2.43. The SMILES string of the molecule is O=C1O[C@]2(CN3CCC2CC3)CN1c1cc(-c2ccco2)co1. The summed E-state index contributed by atoms with van der Waals surface area (Å²) in [5, 5.41) is 0. The standard InChI is InChI=1S/C17H18N2O4/c20-16-19(15-8-12(9-22-15)14-2-1-7-21-14)11-17(23-16)10-18-5-3-13(17)4-6-18/h1-2,7-9,13H,3-6,10-11H2/t17-/m1/s1. The Morgan fingerprint density at radius 1 is 1.17 bits per heavy atom. The summed E-state index contributed by atoms with van der Waals surface area (Å²) in [6.45, 7) is 3.64. The number of fused-ring (bicyclic) bond motifs is 2. The van der Waals surface area contributed by atoms with E-state index in [1.807, 2.05) is 18.2 Å². The van der Waals surface area contributed by atoms with E-state index in [4.69, 9.17) is 13.6 Å². The van der Waals surface area contributed by atoms with Gasteiger partial charge in [-0.25, -0.2) is 9.69 Å². The Balaban J connectivity index is 1.43. The molecule has 0 radical (unpaired) electrons. The Labute approximate surface area is 133 Å². The van der Waals surface area contributed by atoms with Crippen molar-refractivity contribution in [3.8, 4) is 11.3 Å². The fourth-order valence-electron chi connectivity index (χ4n) is 4.22. The summed E-state index contributed by atoms with van der Waals surface area (Å²) >= 11 is 0. The van der Waals surface area contributed by atoms with Crippen molar-refractivity contribution in [1.29, 1.82) is 0 Å². The van der Waals surface area contributed by atoms with Gasteiger partial charge in [-0.1, -0.05) is 0 Å². The lowest BCUT2D eigenvalue weighted by Crippen LogP contribution is -2.61. The average molecular weight is 314 g/mol. The molecule has 0 aromatic carbocycles. The van der Waals surface area contributed by atoms with Gasteiger partial charge in [-0.15, -0.1) is 0 Å². The number of furan rings is 2. The number of ether oxygens (including phenoxy) is 1. The first-order chi connectivity index (χ1) is 11.2. The molecule has 4 aliphatic heterocycles. The van der Waals surface area contributed by atoms with Gasteiger partial charge < -0.3 is 13.6 Å². The van der Waals surface area contributed by atoms with Gasteiger partial charge >= 0.3 is 6.09 Å². The molecule has 4 aliphatic rings. The molecular weight excluding hydrogens is 296 g/mol. The number of amides is 1. The fraction of sp³-hybridized carbons (Fsp3) is 0.471. The Kier molecular flexibility index (Phi) is 2.68. The Morgan fingerprint density at radius 3 is 2.74 bits per heavy atom. The largest absolute Gasteiger partial charge is 0.464 e. The summed E-state index contributed by atoms with van der Waals surface area (Å²) < 4.78 is 16.8. The second-order valence-corrected chi connectivity index (χ2v) is 6.72. The molecule has 0 N–H and O–H groups in total. The van der Waals surface area contributed by atoms with Crippen molar-refractivity contribution in [2.75, 3.05) is 31.1 Å². The molecule has 2 bridgehead atoms. The van der Waals surface area contributed by atoms with Crippen LogP contribution in [-0.2, 0) is 4.74 Å². The highest BCUT2D eigenvalue weighted by atomic mass is 16.6. The van der Waals surface area contributed by atoms with Crippen LogP contribution in [0.4, 0.5) is 10.7 Å². The summed E-state index contributed by atoms with van der Waals surface area (Å²) in [5.74, 6) is 1.71. The lowest BCUT2D eigenvalue weighted by atomic mass is 9.75. The summed E-state index contributed by atoms with van der Waals surface area (Å²) in [6.07, 6.45) is 5.14. The zero-order valence-corrected chi connectivity index (χ0v) is 12.7. The summed E-state index contributed by atoms with van der Waals surface area (Å²) in [7, 11) is 0. The highest BCUT2D eigenvalue weighted by Gasteiger charge is 2.56. The predicted molar refractivity (Wildman–Crippen MR) is 82.1 cm³/mol. The molecule has 6 heteroatoms. The van der Waals surface area contributed by atoms with Gasteiger partial charge in [0.05, 0.1) is 18.4 Å². The molecule has 1 spiro atoms. The Bertz CT molecular complexity index is 730. The van der Waals surface area contributed by atoms with E-state index >= 15 is 0 Å². The van der Waals surface area contributed by atoms with Gasteiger partial charge in [0.1, 0.15) is 17.6 Å². The van der Waals surface area contributed by atoms with Crippen molar-refractivity contribution in [3.63, 3.8) is 0 Å². The summed E-state index contributed by atoms with van der Waals surface area (Å²) in [4.78, 5) is 16.4. The monoisotopic (exact) mass is 314 g/mol. The maximum atomic E-state index is 12.4. The molecule has 6 heterocycles. The molecule has 0 aliphatic carbocycles. The smallest absolute Gasteiger partial charge is 0.417 e. The minimum absolute atomic E-state index is 0.306. The van der Waals surface area contributed by atoms with E-state index in [1.54, 1.807) is 17.4 Å². The van der Waals surface area contributed by atoms with Crippen molar-refractivity contribution >= 4 is 12.0 Å². The third-order valence-corrected chi connectivity index (χ3v) is 5.42. The highest BCUT2D eigenvalue weighted by molar-refractivity contribution is 5.89. The van der Waals surface area contributed by atoms with Crippen molar-refractivity contribution in [1.82, 2.24) is 4.90 Å². The second kappa shape index (κ2) is 4.64. The predicted octanol–water partition coefficient (Wildman–Crippen LogP) is 2.96. The van der Waals surface area contributed by atoms with E-state index in [2.05, 4.69) is 4.90 Å². The van der Waals surface area contributed by atoms with Crippen LogP contribution in [0.3, 0.4) is 0 Å². The Hall–Kier alpha value is -2.21. The number of rotatable bonds is 2. The zero-order chi connectivity index (χ0) is 15.4. The molecule has 0 unspecified atom stereocenters. The molecule has 1 amide bonds. The van der Waals surface area contributed by atoms with Crippen LogP contribution in [0.25, 0.3) is 11.3 Å². The quantitative estimate of drug-likeness (QED) is 0.853. The number of hydrogen-bond donors (Lipinski definition) is 0. The third kappa shape index (κ3) is 1.94. The molecule has 2 aromatic rings. The zero-order valence-electron chi connectivity index (χ0n) is 12.7. The van der Waals surface area contributed by atoms with E-state index in [0.717, 1.165) is 43.8 Å². The number of hydrogen-bond acceptors (Lipinski definition) is 5. The molecule has 1 atom stereocenters. The maximum absolute atomic E-state index is 12.4. The third-order valence-electron chi connectivity index (χ3n) is 5.42. The van der Waals surface area contributed by atoms with Gasteiger partial charge in [-0.3, -0.25) is 4.90 Å². The normalized spacial score (nSPS) is 32.7. The van der Waals surface area contributed by atoms with Crippen LogP contribution in [0, 0.1) is 5.92 Å². The first-order valence-corrected chi connectivity index (χ1v) is 8.09. The molecule has 120 valence electrons. The van der Waals surface area contributed by atoms with Crippen LogP contribution < -0.4 is 4.90 Å². The van der Waals surface area contributed by atoms with Crippen molar-refractivity contribution in [3.05, 3.63) is 30.7 Å². The van der Waals surface area contributed by atoms with Crippen LogP contribution >= 0.6 is 0 Å². The molecule has 2 aromatic heterocycles. The van der Waals surface area contributed by atoms with Gasteiger partial charge in [0.15, 0.2) is 0 Å². The Morgan fingerprint density at radius 2 is 2.04 bits per heavy atom. The molecule has 4 saturated heterocycles. The fourth-order valence-corrected chi connectivity index (χ4v) is 4.22. The summed E-state index contributed by atoms with van der Waals surface area (Å²) in [5.41, 5.74) is 0.457. The minimum atomic E-state index is -0.370. The van der Waals surface area contributed by atoms with Crippen LogP contribution in [-0.4, -0.2) is 42.8 Å².